The third kappa shape index (κ3) is 5.52. The number of carbonyl (C=O) groups excluding carboxylic acids is 1. The molecule has 2 N–H and O–H groups in total. The smallest absolute Gasteiger partial charge is 0.412 e. The molecule has 5 heteroatoms. The molecule has 2 rings (SSSR count). The van der Waals surface area contributed by atoms with Crippen LogP contribution in [-0.2, 0) is 15.9 Å². The van der Waals surface area contributed by atoms with Gasteiger partial charge in [-0.3, -0.25) is 5.32 Å². The summed E-state index contributed by atoms with van der Waals surface area (Å²) in [5.41, 5.74) is 2.93. The Hall–Kier alpha value is -1.59. The molecular weight excluding hydrogens is 292 g/mol. The van der Waals surface area contributed by atoms with Crippen molar-refractivity contribution in [1.29, 1.82) is 0 Å². The predicted molar refractivity (Wildman–Crippen MR) is 91.9 cm³/mol. The van der Waals surface area contributed by atoms with Gasteiger partial charge in [0.15, 0.2) is 0 Å². The molecular formula is C18H28N2O3. The van der Waals surface area contributed by atoms with E-state index in [0.717, 1.165) is 38.1 Å². The summed E-state index contributed by atoms with van der Waals surface area (Å²) >= 11 is 0. The zero-order chi connectivity index (χ0) is 16.9. The number of hydrogen-bond acceptors (Lipinski definition) is 4. The minimum Gasteiger partial charge on any atom is -0.444 e. The Kier molecular flexibility index (Phi) is 6.02. The van der Waals surface area contributed by atoms with Gasteiger partial charge in [0.2, 0.25) is 0 Å². The Morgan fingerprint density at radius 1 is 1.35 bits per heavy atom. The van der Waals surface area contributed by atoms with Gasteiger partial charge in [-0.2, -0.15) is 0 Å². The van der Waals surface area contributed by atoms with Gasteiger partial charge in [0.05, 0.1) is 0 Å². The summed E-state index contributed by atoms with van der Waals surface area (Å²) in [4.78, 5) is 11.8. The Morgan fingerprint density at radius 3 is 2.83 bits per heavy atom. The molecule has 0 bridgehead atoms. The van der Waals surface area contributed by atoms with Gasteiger partial charge in [-0.05, 0) is 69.8 Å². The van der Waals surface area contributed by atoms with E-state index in [2.05, 4.69) is 22.8 Å². The fourth-order valence-corrected chi connectivity index (χ4v) is 2.82. The maximum Gasteiger partial charge on any atom is 0.412 e. The third-order valence-corrected chi connectivity index (χ3v) is 3.78. The Balaban J connectivity index is 1.92. The molecule has 0 radical (unpaired) electrons. The van der Waals surface area contributed by atoms with Crippen molar-refractivity contribution >= 4 is 11.8 Å². The highest BCUT2D eigenvalue weighted by Crippen LogP contribution is 2.33. The van der Waals surface area contributed by atoms with E-state index in [0.29, 0.717) is 6.04 Å². The predicted octanol–water partition coefficient (Wildman–Crippen LogP) is 3.65. The Labute approximate surface area is 138 Å². The standard InChI is InChI=1S/C18H28N2O3/c1-18(2,3)23-17(21)20-14-7-8-15-13(12-14)6-9-16(15)19-10-5-11-22-4/h7-8,12,16,19H,5-6,9-11H2,1-4H3,(H,20,21). The van der Waals surface area contributed by atoms with E-state index in [1.165, 1.54) is 11.1 Å². The molecule has 0 spiro atoms. The highest BCUT2D eigenvalue weighted by molar-refractivity contribution is 5.85. The minimum atomic E-state index is -0.488. The molecule has 1 amide bonds. The number of nitrogens with one attached hydrogen (secondary N) is 2. The van der Waals surface area contributed by atoms with Crippen molar-refractivity contribution in [2.45, 2.75) is 51.7 Å². The van der Waals surface area contributed by atoms with Crippen LogP contribution in [-0.4, -0.2) is 32.0 Å². The summed E-state index contributed by atoms with van der Waals surface area (Å²) < 4.78 is 10.4. The zero-order valence-electron chi connectivity index (χ0n) is 14.6. The first-order valence-electron chi connectivity index (χ1n) is 8.24. The van der Waals surface area contributed by atoms with Crippen molar-refractivity contribution in [2.24, 2.45) is 0 Å². The van der Waals surface area contributed by atoms with Crippen LogP contribution in [0, 0.1) is 0 Å². The molecule has 0 fully saturated rings. The molecule has 1 atom stereocenters. The van der Waals surface area contributed by atoms with E-state index < -0.39 is 11.7 Å². The van der Waals surface area contributed by atoms with Crippen LogP contribution in [0.5, 0.6) is 0 Å². The minimum absolute atomic E-state index is 0.400. The molecule has 1 aromatic rings. The maximum absolute atomic E-state index is 11.8. The van der Waals surface area contributed by atoms with Gasteiger partial charge in [-0.1, -0.05) is 6.07 Å². The average molecular weight is 320 g/mol. The van der Waals surface area contributed by atoms with Crippen LogP contribution in [0.3, 0.4) is 0 Å². The van der Waals surface area contributed by atoms with Gasteiger partial charge in [0.1, 0.15) is 5.60 Å². The first kappa shape index (κ1) is 17.8. The van der Waals surface area contributed by atoms with Gasteiger partial charge >= 0.3 is 6.09 Å². The van der Waals surface area contributed by atoms with Gasteiger partial charge in [-0.25, -0.2) is 4.79 Å². The molecule has 0 saturated heterocycles. The fraction of sp³-hybridized carbons (Fsp3) is 0.611. The number of aryl methyl sites for hydroxylation is 1. The number of carbonyl (C=O) groups is 1. The molecule has 1 aliphatic rings. The number of methoxy groups -OCH3 is 1. The lowest BCUT2D eigenvalue weighted by Crippen LogP contribution is -2.27. The topological polar surface area (TPSA) is 59.6 Å². The molecule has 0 saturated carbocycles. The quantitative estimate of drug-likeness (QED) is 0.786. The van der Waals surface area contributed by atoms with Crippen LogP contribution >= 0.6 is 0 Å². The fourth-order valence-electron chi connectivity index (χ4n) is 2.82. The van der Waals surface area contributed by atoms with Gasteiger partial charge < -0.3 is 14.8 Å². The summed E-state index contributed by atoms with van der Waals surface area (Å²) in [6.07, 6.45) is 2.73. The van der Waals surface area contributed by atoms with Crippen molar-refractivity contribution in [3.8, 4) is 0 Å². The summed E-state index contributed by atoms with van der Waals surface area (Å²) in [5, 5.41) is 6.38. The van der Waals surface area contributed by atoms with Crippen LogP contribution in [0.1, 0.15) is 50.8 Å². The largest absolute Gasteiger partial charge is 0.444 e. The van der Waals surface area contributed by atoms with Crippen molar-refractivity contribution in [3.63, 3.8) is 0 Å². The van der Waals surface area contributed by atoms with Crippen molar-refractivity contribution < 1.29 is 14.3 Å². The highest BCUT2D eigenvalue weighted by Gasteiger charge is 2.22. The summed E-state index contributed by atoms with van der Waals surface area (Å²) in [6.45, 7) is 7.31. The summed E-state index contributed by atoms with van der Waals surface area (Å²) in [6, 6.07) is 6.49. The lowest BCUT2D eigenvalue weighted by Gasteiger charge is -2.20. The van der Waals surface area contributed by atoms with Gasteiger partial charge in [0.25, 0.3) is 0 Å². The monoisotopic (exact) mass is 320 g/mol. The van der Waals surface area contributed by atoms with Crippen LogP contribution in [0.2, 0.25) is 0 Å². The normalized spacial score (nSPS) is 17.0. The van der Waals surface area contributed by atoms with Crippen molar-refractivity contribution in [1.82, 2.24) is 5.32 Å². The molecule has 0 aliphatic heterocycles. The van der Waals surface area contributed by atoms with E-state index >= 15 is 0 Å². The van der Waals surface area contributed by atoms with Crippen molar-refractivity contribution in [2.75, 3.05) is 25.6 Å². The molecule has 23 heavy (non-hydrogen) atoms. The number of rotatable bonds is 6. The van der Waals surface area contributed by atoms with Crippen LogP contribution in [0.4, 0.5) is 10.5 Å². The Bertz CT molecular complexity index is 538. The molecule has 128 valence electrons. The number of benzene rings is 1. The van der Waals surface area contributed by atoms with E-state index in [9.17, 15) is 4.79 Å². The molecule has 1 aliphatic carbocycles. The molecule has 0 aromatic heterocycles. The average Bonchev–Trinajstić information content (AvgIpc) is 2.84. The third-order valence-electron chi connectivity index (χ3n) is 3.78. The van der Waals surface area contributed by atoms with E-state index in [1.54, 1.807) is 7.11 Å². The Morgan fingerprint density at radius 2 is 2.13 bits per heavy atom. The number of anilines is 1. The molecule has 5 nitrogen and oxygen atoms in total. The first-order valence-corrected chi connectivity index (χ1v) is 8.24. The second-order valence-electron chi connectivity index (χ2n) is 6.93. The maximum atomic E-state index is 11.8. The number of hydrogen-bond donors (Lipinski definition) is 2. The number of ether oxygens (including phenoxy) is 2. The first-order chi connectivity index (χ1) is 10.9. The number of fused-ring (bicyclic) bond motifs is 1. The molecule has 1 unspecified atom stereocenters. The molecule has 1 aromatic carbocycles. The van der Waals surface area contributed by atoms with Crippen LogP contribution in [0.25, 0.3) is 0 Å². The highest BCUT2D eigenvalue weighted by atomic mass is 16.6. The zero-order valence-corrected chi connectivity index (χ0v) is 14.6. The van der Waals surface area contributed by atoms with Gasteiger partial charge in [0, 0.05) is 25.4 Å². The lowest BCUT2D eigenvalue weighted by atomic mass is 10.1. The number of amides is 1. The van der Waals surface area contributed by atoms with Gasteiger partial charge in [-0.15, -0.1) is 0 Å². The second-order valence-corrected chi connectivity index (χ2v) is 6.93. The van der Waals surface area contributed by atoms with E-state index in [-0.39, 0.29) is 0 Å². The molecule has 0 heterocycles. The second kappa shape index (κ2) is 7.79. The van der Waals surface area contributed by atoms with Crippen LogP contribution < -0.4 is 10.6 Å². The summed E-state index contributed by atoms with van der Waals surface area (Å²) in [7, 11) is 1.73. The van der Waals surface area contributed by atoms with E-state index in [1.807, 2.05) is 26.8 Å². The van der Waals surface area contributed by atoms with Crippen molar-refractivity contribution in [3.05, 3.63) is 29.3 Å². The SMILES string of the molecule is COCCCNC1CCc2cc(NC(=O)OC(C)(C)C)ccc21. The summed E-state index contributed by atoms with van der Waals surface area (Å²) in [5.74, 6) is 0. The van der Waals surface area contributed by atoms with Crippen LogP contribution in [0.15, 0.2) is 18.2 Å². The lowest BCUT2D eigenvalue weighted by molar-refractivity contribution is 0.0636. The van der Waals surface area contributed by atoms with E-state index in [4.69, 9.17) is 9.47 Å².